The fraction of sp³-hybridized carbons (Fsp3) is 0.182. The number of hydrogen-bond acceptors (Lipinski definition) is 4. The summed E-state index contributed by atoms with van der Waals surface area (Å²) in [7, 11) is 0. The SMILES string of the molecule is CC1(C)OC(=O)N(c2ccc(-c3ccc(N)nc3)cc2)[C@H]1c1ccccc1. The smallest absolute Gasteiger partial charge is 0.415 e. The number of anilines is 2. The minimum Gasteiger partial charge on any atom is -0.441 e. The van der Waals surface area contributed by atoms with Gasteiger partial charge in [0.05, 0.1) is 0 Å². The molecule has 1 saturated heterocycles. The van der Waals surface area contributed by atoms with Crippen molar-refractivity contribution in [3.05, 3.63) is 78.5 Å². The van der Waals surface area contributed by atoms with Crippen LogP contribution in [0.15, 0.2) is 72.9 Å². The molecule has 0 unspecified atom stereocenters. The number of aromatic nitrogens is 1. The zero-order valence-corrected chi connectivity index (χ0v) is 15.3. The molecule has 0 aliphatic carbocycles. The van der Waals surface area contributed by atoms with E-state index in [9.17, 15) is 4.79 Å². The lowest BCUT2D eigenvalue weighted by Gasteiger charge is -2.29. The molecule has 3 aromatic rings. The Morgan fingerprint density at radius 2 is 1.63 bits per heavy atom. The van der Waals surface area contributed by atoms with E-state index >= 15 is 0 Å². The van der Waals surface area contributed by atoms with E-state index in [0.717, 1.165) is 22.4 Å². The molecule has 5 nitrogen and oxygen atoms in total. The number of benzene rings is 2. The second-order valence-electron chi connectivity index (χ2n) is 7.17. The molecule has 0 spiro atoms. The minimum atomic E-state index is -0.627. The maximum Gasteiger partial charge on any atom is 0.415 e. The standard InChI is InChI=1S/C22H21N3O2/c1-22(2)20(16-6-4-3-5-7-16)25(21(26)27-22)18-11-8-15(9-12-18)17-10-13-19(23)24-14-17/h3-14,20H,1-2H3,(H2,23,24)/t20-/m0/s1. The Bertz CT molecular complexity index is 951. The number of rotatable bonds is 3. The zero-order valence-electron chi connectivity index (χ0n) is 15.3. The molecule has 2 aromatic carbocycles. The third-order valence-electron chi connectivity index (χ3n) is 4.84. The summed E-state index contributed by atoms with van der Waals surface area (Å²) in [4.78, 5) is 18.5. The fourth-order valence-electron chi connectivity index (χ4n) is 3.58. The molecule has 2 N–H and O–H groups in total. The third kappa shape index (κ3) is 3.12. The molecule has 1 amide bonds. The maximum absolute atomic E-state index is 12.6. The van der Waals surface area contributed by atoms with Crippen LogP contribution >= 0.6 is 0 Å². The molecule has 0 saturated carbocycles. The monoisotopic (exact) mass is 359 g/mol. The lowest BCUT2D eigenvalue weighted by atomic mass is 9.91. The van der Waals surface area contributed by atoms with Gasteiger partial charge in [0, 0.05) is 17.4 Å². The van der Waals surface area contributed by atoms with Crippen molar-refractivity contribution in [2.75, 3.05) is 10.6 Å². The number of hydrogen-bond donors (Lipinski definition) is 1. The molecule has 5 heteroatoms. The van der Waals surface area contributed by atoms with Crippen LogP contribution < -0.4 is 10.6 Å². The normalized spacial score (nSPS) is 18.4. The van der Waals surface area contributed by atoms with Gasteiger partial charge in [0.15, 0.2) is 0 Å². The number of carbonyl (C=O) groups is 1. The highest BCUT2D eigenvalue weighted by atomic mass is 16.6. The summed E-state index contributed by atoms with van der Waals surface area (Å²) in [5.74, 6) is 0.489. The van der Waals surface area contributed by atoms with Crippen LogP contribution in [0.5, 0.6) is 0 Å². The predicted molar refractivity (Wildman–Crippen MR) is 106 cm³/mol. The van der Waals surface area contributed by atoms with Gasteiger partial charge in [0.2, 0.25) is 0 Å². The highest BCUT2D eigenvalue weighted by Gasteiger charge is 2.49. The number of nitrogens with two attached hydrogens (primary N) is 1. The highest BCUT2D eigenvalue weighted by Crippen LogP contribution is 2.43. The molecule has 1 atom stereocenters. The first kappa shape index (κ1) is 17.1. The van der Waals surface area contributed by atoms with Crippen molar-refractivity contribution in [2.24, 2.45) is 0 Å². The summed E-state index contributed by atoms with van der Waals surface area (Å²) < 4.78 is 5.67. The minimum absolute atomic E-state index is 0.199. The van der Waals surface area contributed by atoms with Crippen LogP contribution in [0.2, 0.25) is 0 Å². The highest BCUT2D eigenvalue weighted by molar-refractivity contribution is 5.92. The first-order valence-electron chi connectivity index (χ1n) is 8.85. The van der Waals surface area contributed by atoms with Gasteiger partial charge in [-0.2, -0.15) is 0 Å². The van der Waals surface area contributed by atoms with Crippen molar-refractivity contribution >= 4 is 17.6 Å². The summed E-state index contributed by atoms with van der Waals surface area (Å²) in [6.45, 7) is 3.88. The second kappa shape index (κ2) is 6.43. The average Bonchev–Trinajstić information content (AvgIpc) is 2.91. The number of ether oxygens (including phenoxy) is 1. The van der Waals surface area contributed by atoms with Crippen LogP contribution in [-0.4, -0.2) is 16.7 Å². The van der Waals surface area contributed by atoms with Crippen LogP contribution in [0.3, 0.4) is 0 Å². The van der Waals surface area contributed by atoms with Crippen LogP contribution in [-0.2, 0) is 4.74 Å². The Kier molecular flexibility index (Phi) is 4.07. The van der Waals surface area contributed by atoms with Crippen LogP contribution in [0, 0.1) is 0 Å². The van der Waals surface area contributed by atoms with Crippen LogP contribution in [0.4, 0.5) is 16.3 Å². The van der Waals surface area contributed by atoms with Gasteiger partial charge >= 0.3 is 6.09 Å². The molecule has 1 fully saturated rings. The molecule has 1 aliphatic heterocycles. The van der Waals surface area contributed by atoms with Gasteiger partial charge in [0.1, 0.15) is 17.5 Å². The number of nitrogen functional groups attached to an aromatic ring is 1. The Hall–Kier alpha value is -3.34. The fourth-order valence-corrected chi connectivity index (χ4v) is 3.58. The summed E-state index contributed by atoms with van der Waals surface area (Å²) in [5.41, 5.74) is 8.85. The summed E-state index contributed by atoms with van der Waals surface area (Å²) in [6, 6.07) is 21.3. The van der Waals surface area contributed by atoms with Gasteiger partial charge in [-0.3, -0.25) is 4.90 Å². The summed E-state index contributed by atoms with van der Waals surface area (Å²) in [5, 5.41) is 0. The molecule has 2 heterocycles. The van der Waals surface area contributed by atoms with Gasteiger partial charge in [-0.25, -0.2) is 9.78 Å². The second-order valence-corrected chi connectivity index (χ2v) is 7.17. The quantitative estimate of drug-likeness (QED) is 0.729. The van der Waals surface area contributed by atoms with Crippen molar-refractivity contribution in [2.45, 2.75) is 25.5 Å². The van der Waals surface area contributed by atoms with Crippen LogP contribution in [0.1, 0.15) is 25.5 Å². The molecule has 0 bridgehead atoms. The number of cyclic esters (lactones) is 1. The number of pyridine rings is 1. The van der Waals surface area contributed by atoms with E-state index in [4.69, 9.17) is 10.5 Å². The molecule has 1 aliphatic rings. The van der Waals surface area contributed by atoms with E-state index < -0.39 is 5.60 Å². The average molecular weight is 359 g/mol. The zero-order chi connectivity index (χ0) is 19.0. The van der Waals surface area contributed by atoms with Gasteiger partial charge in [-0.1, -0.05) is 42.5 Å². The largest absolute Gasteiger partial charge is 0.441 e. The van der Waals surface area contributed by atoms with Crippen molar-refractivity contribution in [3.8, 4) is 11.1 Å². The first-order chi connectivity index (χ1) is 13.0. The Morgan fingerprint density at radius 3 is 2.26 bits per heavy atom. The lowest BCUT2D eigenvalue weighted by Crippen LogP contribution is -2.33. The molecular formula is C22H21N3O2. The molecule has 27 heavy (non-hydrogen) atoms. The van der Waals surface area contributed by atoms with Crippen molar-refractivity contribution in [3.63, 3.8) is 0 Å². The Morgan fingerprint density at radius 1 is 0.963 bits per heavy atom. The topological polar surface area (TPSA) is 68.5 Å². The Balaban J connectivity index is 1.70. The molecule has 1 aromatic heterocycles. The van der Waals surface area contributed by atoms with Gasteiger partial charge in [0.25, 0.3) is 0 Å². The van der Waals surface area contributed by atoms with E-state index in [1.54, 1.807) is 17.2 Å². The third-order valence-corrected chi connectivity index (χ3v) is 4.84. The van der Waals surface area contributed by atoms with Crippen molar-refractivity contribution in [1.82, 2.24) is 4.98 Å². The molecule has 0 radical (unpaired) electrons. The first-order valence-corrected chi connectivity index (χ1v) is 8.85. The van der Waals surface area contributed by atoms with Gasteiger partial charge < -0.3 is 10.5 Å². The van der Waals surface area contributed by atoms with E-state index in [0.29, 0.717) is 5.82 Å². The van der Waals surface area contributed by atoms with Gasteiger partial charge in [-0.05, 0) is 49.2 Å². The van der Waals surface area contributed by atoms with E-state index in [-0.39, 0.29) is 12.1 Å². The molecule has 136 valence electrons. The molecular weight excluding hydrogens is 338 g/mol. The van der Waals surface area contributed by atoms with Crippen molar-refractivity contribution in [1.29, 1.82) is 0 Å². The lowest BCUT2D eigenvalue weighted by molar-refractivity contribution is 0.0685. The van der Waals surface area contributed by atoms with Gasteiger partial charge in [-0.15, -0.1) is 0 Å². The number of nitrogens with zero attached hydrogens (tertiary/aromatic N) is 2. The van der Waals surface area contributed by atoms with Crippen molar-refractivity contribution < 1.29 is 9.53 Å². The van der Waals surface area contributed by atoms with E-state index in [1.165, 1.54) is 0 Å². The molecule has 4 rings (SSSR count). The predicted octanol–water partition coefficient (Wildman–Crippen LogP) is 4.81. The number of carbonyl (C=O) groups excluding carboxylic acids is 1. The van der Waals surface area contributed by atoms with Crippen LogP contribution in [0.25, 0.3) is 11.1 Å². The summed E-state index contributed by atoms with van der Waals surface area (Å²) >= 11 is 0. The summed E-state index contributed by atoms with van der Waals surface area (Å²) in [6.07, 6.45) is 1.40. The number of amides is 1. The van der Waals surface area contributed by atoms with E-state index in [2.05, 4.69) is 4.98 Å². The van der Waals surface area contributed by atoms with E-state index in [1.807, 2.05) is 74.5 Å². The maximum atomic E-state index is 12.6. The Labute approximate surface area is 158 Å².